The van der Waals surface area contributed by atoms with E-state index in [9.17, 15) is 9.59 Å². The van der Waals surface area contributed by atoms with Crippen molar-refractivity contribution in [3.63, 3.8) is 0 Å². The van der Waals surface area contributed by atoms with Crippen LogP contribution >= 0.6 is 23.4 Å². The number of thioether (sulfide) groups is 1. The molecule has 0 spiro atoms. The highest BCUT2D eigenvalue weighted by molar-refractivity contribution is 7.99. The minimum atomic E-state index is -0.540. The Kier molecular flexibility index (Phi) is 9.30. The lowest BCUT2D eigenvalue weighted by molar-refractivity contribution is -0.138. The van der Waals surface area contributed by atoms with Crippen LogP contribution in [0.25, 0.3) is 0 Å². The smallest absolute Gasteiger partial charge is 0.242 e. The fraction of sp³-hybridized carbons (Fsp3) is 0.440. The molecule has 5 nitrogen and oxygen atoms in total. The zero-order chi connectivity index (χ0) is 22.9. The third kappa shape index (κ3) is 7.17. The summed E-state index contributed by atoms with van der Waals surface area (Å²) in [6, 6.07) is 14.9. The van der Waals surface area contributed by atoms with Crippen LogP contribution in [0.5, 0.6) is 5.75 Å². The molecular formula is C25H31ClN2O3S. The second-order valence-electron chi connectivity index (χ2n) is 8.15. The number of carbonyl (C=O) groups is 2. The van der Waals surface area contributed by atoms with E-state index in [1.165, 1.54) is 0 Å². The number of ether oxygens (including phenoxy) is 1. The van der Waals surface area contributed by atoms with Crippen LogP contribution in [0.2, 0.25) is 5.02 Å². The molecule has 0 aromatic heterocycles. The molecule has 3 rings (SSSR count). The van der Waals surface area contributed by atoms with Gasteiger partial charge < -0.3 is 15.0 Å². The van der Waals surface area contributed by atoms with Crippen molar-refractivity contribution in [1.29, 1.82) is 0 Å². The Labute approximate surface area is 199 Å². The molecule has 2 aromatic carbocycles. The van der Waals surface area contributed by atoms with Crippen LogP contribution < -0.4 is 10.1 Å². The molecule has 1 aliphatic carbocycles. The summed E-state index contributed by atoms with van der Waals surface area (Å²) in [5, 5.41) is 3.83. The molecule has 2 amide bonds. The molecule has 2 aromatic rings. The van der Waals surface area contributed by atoms with Crippen LogP contribution in [0.1, 0.15) is 43.7 Å². The number of hydrogen-bond donors (Lipinski definition) is 1. The van der Waals surface area contributed by atoms with E-state index in [2.05, 4.69) is 5.32 Å². The first-order valence-electron chi connectivity index (χ1n) is 11.0. The number of benzene rings is 2. The lowest BCUT2D eigenvalue weighted by Crippen LogP contribution is -2.50. The summed E-state index contributed by atoms with van der Waals surface area (Å²) in [5.41, 5.74) is 2.07. The van der Waals surface area contributed by atoms with Gasteiger partial charge in [0.15, 0.2) is 0 Å². The zero-order valence-electron chi connectivity index (χ0n) is 18.7. The first-order chi connectivity index (χ1) is 15.5. The largest absolute Gasteiger partial charge is 0.497 e. The lowest BCUT2D eigenvalue weighted by atomic mass is 10.1. The Hall–Kier alpha value is -2.18. The van der Waals surface area contributed by atoms with Gasteiger partial charge >= 0.3 is 0 Å². The van der Waals surface area contributed by atoms with Gasteiger partial charge in [0.1, 0.15) is 11.8 Å². The third-order valence-corrected chi connectivity index (χ3v) is 7.03. The van der Waals surface area contributed by atoms with E-state index < -0.39 is 6.04 Å². The van der Waals surface area contributed by atoms with Crippen molar-refractivity contribution in [2.24, 2.45) is 0 Å². The Morgan fingerprint density at radius 2 is 1.72 bits per heavy atom. The number of carbonyl (C=O) groups excluding carboxylic acids is 2. The first kappa shape index (κ1) is 24.5. The number of nitrogens with zero attached hydrogens (tertiary/aromatic N) is 1. The van der Waals surface area contributed by atoms with E-state index in [0.29, 0.717) is 23.1 Å². The maximum absolute atomic E-state index is 13.2. The molecule has 32 heavy (non-hydrogen) atoms. The van der Waals surface area contributed by atoms with E-state index in [4.69, 9.17) is 16.3 Å². The predicted molar refractivity (Wildman–Crippen MR) is 131 cm³/mol. The molecule has 7 heteroatoms. The van der Waals surface area contributed by atoms with Crippen molar-refractivity contribution in [1.82, 2.24) is 10.2 Å². The molecule has 172 valence electrons. The molecule has 0 radical (unpaired) electrons. The fourth-order valence-corrected chi connectivity index (χ4v) is 4.82. The van der Waals surface area contributed by atoms with Crippen molar-refractivity contribution < 1.29 is 14.3 Å². The highest BCUT2D eigenvalue weighted by Crippen LogP contribution is 2.21. The molecular weight excluding hydrogens is 444 g/mol. The summed E-state index contributed by atoms with van der Waals surface area (Å²) >= 11 is 7.49. The van der Waals surface area contributed by atoms with E-state index in [-0.39, 0.29) is 17.9 Å². The summed E-state index contributed by atoms with van der Waals surface area (Å²) in [6.07, 6.45) is 4.33. The summed E-state index contributed by atoms with van der Waals surface area (Å²) in [6.45, 7) is 2.19. The highest BCUT2D eigenvalue weighted by atomic mass is 35.5. The molecule has 0 heterocycles. The van der Waals surface area contributed by atoms with Gasteiger partial charge in [-0.3, -0.25) is 9.59 Å². The van der Waals surface area contributed by atoms with E-state index in [1.54, 1.807) is 23.8 Å². The number of amides is 2. The van der Waals surface area contributed by atoms with Crippen LogP contribution in [0.3, 0.4) is 0 Å². The molecule has 1 aliphatic rings. The SMILES string of the molecule is COc1ccc(CN(C(=O)CSCc2ccc(Cl)cc2)C(C)C(=O)NC2CCCC2)cc1. The maximum Gasteiger partial charge on any atom is 0.242 e. The Bertz CT molecular complexity index is 883. The lowest BCUT2D eigenvalue weighted by Gasteiger charge is -2.29. The molecule has 0 saturated heterocycles. The molecule has 0 aliphatic heterocycles. The summed E-state index contributed by atoms with van der Waals surface area (Å²) in [4.78, 5) is 27.8. The van der Waals surface area contributed by atoms with Gasteiger partial charge in [0.25, 0.3) is 0 Å². The van der Waals surface area contributed by atoms with Crippen LogP contribution in [-0.4, -0.2) is 41.7 Å². The number of halogens is 1. The standard InChI is InChI=1S/C25H31ClN2O3S/c1-18(25(30)27-22-5-3-4-6-22)28(15-19-9-13-23(31-2)14-10-19)24(29)17-32-16-20-7-11-21(26)12-8-20/h7-14,18,22H,3-6,15-17H2,1-2H3,(H,27,30). The summed E-state index contributed by atoms with van der Waals surface area (Å²) in [7, 11) is 1.62. The van der Waals surface area contributed by atoms with Crippen LogP contribution in [-0.2, 0) is 21.9 Å². The predicted octanol–water partition coefficient (Wildman–Crippen LogP) is 5.06. The topological polar surface area (TPSA) is 58.6 Å². The van der Waals surface area contributed by atoms with Crippen LogP contribution in [0.15, 0.2) is 48.5 Å². The Balaban J connectivity index is 1.65. The van der Waals surface area contributed by atoms with Gasteiger partial charge in [0.2, 0.25) is 11.8 Å². The van der Waals surface area contributed by atoms with Gasteiger partial charge in [-0.15, -0.1) is 11.8 Å². The Morgan fingerprint density at radius 1 is 1.09 bits per heavy atom. The molecule has 1 unspecified atom stereocenters. The highest BCUT2D eigenvalue weighted by Gasteiger charge is 2.28. The quantitative estimate of drug-likeness (QED) is 0.523. The van der Waals surface area contributed by atoms with Crippen molar-refractivity contribution in [3.05, 3.63) is 64.7 Å². The fourth-order valence-electron chi connectivity index (χ4n) is 3.82. The van der Waals surface area contributed by atoms with Gasteiger partial charge in [-0.25, -0.2) is 0 Å². The molecule has 1 atom stereocenters. The van der Waals surface area contributed by atoms with E-state index >= 15 is 0 Å². The second kappa shape index (κ2) is 12.2. The van der Waals surface area contributed by atoms with Gasteiger partial charge in [-0.1, -0.05) is 48.7 Å². The average molecular weight is 475 g/mol. The number of hydrogen-bond acceptors (Lipinski definition) is 4. The minimum Gasteiger partial charge on any atom is -0.497 e. The average Bonchev–Trinajstić information content (AvgIpc) is 3.31. The Morgan fingerprint density at radius 3 is 2.34 bits per heavy atom. The number of nitrogens with one attached hydrogen (secondary N) is 1. The normalized spacial score (nSPS) is 14.7. The van der Waals surface area contributed by atoms with Crippen molar-refractivity contribution in [2.75, 3.05) is 12.9 Å². The summed E-state index contributed by atoms with van der Waals surface area (Å²) in [5.74, 6) is 1.65. The first-order valence-corrected chi connectivity index (χ1v) is 12.5. The van der Waals surface area contributed by atoms with Gasteiger partial charge in [0, 0.05) is 23.4 Å². The zero-order valence-corrected chi connectivity index (χ0v) is 20.3. The second-order valence-corrected chi connectivity index (χ2v) is 9.58. The van der Waals surface area contributed by atoms with Gasteiger partial charge in [-0.05, 0) is 55.2 Å². The van der Waals surface area contributed by atoms with Gasteiger partial charge in [-0.2, -0.15) is 0 Å². The third-order valence-electron chi connectivity index (χ3n) is 5.79. The molecule has 1 saturated carbocycles. The van der Waals surface area contributed by atoms with E-state index in [0.717, 1.165) is 42.6 Å². The number of methoxy groups -OCH3 is 1. The minimum absolute atomic E-state index is 0.0474. The van der Waals surface area contributed by atoms with Crippen LogP contribution in [0, 0.1) is 0 Å². The maximum atomic E-state index is 13.2. The summed E-state index contributed by atoms with van der Waals surface area (Å²) < 4.78 is 5.23. The monoisotopic (exact) mass is 474 g/mol. The van der Waals surface area contributed by atoms with Crippen molar-refractivity contribution >= 4 is 35.2 Å². The van der Waals surface area contributed by atoms with Gasteiger partial charge in [0.05, 0.1) is 12.9 Å². The molecule has 1 N–H and O–H groups in total. The molecule has 1 fully saturated rings. The van der Waals surface area contributed by atoms with Crippen molar-refractivity contribution in [2.45, 2.75) is 57.0 Å². The van der Waals surface area contributed by atoms with Crippen LogP contribution in [0.4, 0.5) is 0 Å². The molecule has 0 bridgehead atoms. The van der Waals surface area contributed by atoms with Crippen molar-refractivity contribution in [3.8, 4) is 5.75 Å². The number of rotatable bonds is 10. The van der Waals surface area contributed by atoms with E-state index in [1.807, 2.05) is 55.5 Å².